The number of carbonyl (C=O) groups is 4. The molecular weight excluding hydrogens is 885 g/mol. The molecule has 9 rings (SSSR count). The first kappa shape index (κ1) is 46.5. The summed E-state index contributed by atoms with van der Waals surface area (Å²) in [5.74, 6) is -1.35. The molecule has 16 nitrogen and oxygen atoms in total. The number of ether oxygens (including phenoxy) is 2. The average molecular weight is 944 g/mol. The Labute approximate surface area is 391 Å². The summed E-state index contributed by atoms with van der Waals surface area (Å²) in [5, 5.41) is 12.4. The maximum Gasteiger partial charge on any atom is 0.270 e. The summed E-state index contributed by atoms with van der Waals surface area (Å²) in [5.41, 5.74) is 1.29. The minimum Gasteiger partial charge on any atom is -0.489 e. The third kappa shape index (κ3) is 10.4. The summed E-state index contributed by atoms with van der Waals surface area (Å²) in [6.45, 7) is 5.25. The molecule has 1 saturated carbocycles. The van der Waals surface area contributed by atoms with Crippen molar-refractivity contribution in [3.05, 3.63) is 71.1 Å². The lowest BCUT2D eigenvalue weighted by Gasteiger charge is -2.39. The Morgan fingerprint density at radius 3 is 2.43 bits per heavy atom. The monoisotopic (exact) mass is 943 g/mol. The lowest BCUT2D eigenvalue weighted by molar-refractivity contribution is -0.140. The topological polar surface area (TPSA) is 168 Å². The van der Waals surface area contributed by atoms with Crippen LogP contribution in [-0.4, -0.2) is 142 Å². The second-order valence-electron chi connectivity index (χ2n) is 18.3. The minimum atomic E-state index is -1.09. The van der Waals surface area contributed by atoms with Crippen molar-refractivity contribution in [3.63, 3.8) is 0 Å². The fourth-order valence-corrected chi connectivity index (χ4v) is 10.9. The standard InChI is InChI=1S/C48H59F2N9O7S/c1-30(51-2)46(61)53-44(31-7-4-3-5-8-31)48(63)57-20-18-56(19-21-57)47(62)40-24-32-23-36(49)37(50)26-39(32)59(40)28-43(60)58-15-6-9-33(58)29-64-42-25-35(66-54-42)27-55-16-11-34(12-17-55)65-41-10-14-52-38-13-22-67-45(38)41/h10,13-14,22-26,30-31,33-34,44,51H,3-9,11-12,15-21,27-29H2,1-2H3,(H,53,61)/t30?,33?,44-/m0/s1. The Balaban J connectivity index is 0.803. The number of nitrogens with zero attached hydrogens (tertiary/aromatic N) is 7. The van der Waals surface area contributed by atoms with Gasteiger partial charge in [-0.25, -0.2) is 8.78 Å². The molecule has 67 heavy (non-hydrogen) atoms. The van der Waals surface area contributed by atoms with Crippen molar-refractivity contribution in [3.8, 4) is 11.6 Å². The lowest BCUT2D eigenvalue weighted by Crippen LogP contribution is -2.59. The highest BCUT2D eigenvalue weighted by atomic mass is 32.1. The Bertz CT molecular complexity index is 2560. The van der Waals surface area contributed by atoms with Crippen LogP contribution in [0.3, 0.4) is 0 Å². The number of likely N-dealkylation sites (N-methyl/N-ethyl adjacent to an activating group) is 1. The predicted octanol–water partition coefficient (Wildman–Crippen LogP) is 5.59. The zero-order valence-corrected chi connectivity index (χ0v) is 38.9. The number of pyridine rings is 1. The Morgan fingerprint density at radius 1 is 0.896 bits per heavy atom. The number of carbonyl (C=O) groups excluding carboxylic acids is 4. The molecule has 2 N–H and O–H groups in total. The molecule has 3 aliphatic heterocycles. The molecule has 358 valence electrons. The summed E-state index contributed by atoms with van der Waals surface area (Å²) in [6.07, 6.45) is 9.88. The first-order valence-electron chi connectivity index (χ1n) is 23.7. The number of fused-ring (bicyclic) bond motifs is 2. The number of thiophene rings is 1. The molecule has 5 aromatic rings. The minimum absolute atomic E-state index is 0.0304. The van der Waals surface area contributed by atoms with E-state index in [-0.39, 0.29) is 91.7 Å². The molecular formula is C48H59F2N9O7S. The maximum absolute atomic E-state index is 14.8. The van der Waals surface area contributed by atoms with Crippen LogP contribution in [0.15, 0.2) is 52.5 Å². The van der Waals surface area contributed by atoms with Gasteiger partial charge in [-0.1, -0.05) is 19.3 Å². The molecule has 3 atom stereocenters. The van der Waals surface area contributed by atoms with Crippen molar-refractivity contribution in [2.24, 2.45) is 5.92 Å². The molecule has 4 aromatic heterocycles. The average Bonchev–Trinajstić information content (AvgIpc) is 4.19. The van der Waals surface area contributed by atoms with Gasteiger partial charge in [0.2, 0.25) is 17.7 Å². The van der Waals surface area contributed by atoms with E-state index in [1.807, 2.05) is 17.5 Å². The van der Waals surface area contributed by atoms with Crippen LogP contribution in [0.25, 0.3) is 21.1 Å². The van der Waals surface area contributed by atoms with Crippen LogP contribution < -0.4 is 20.1 Å². The maximum atomic E-state index is 14.8. The number of nitrogens with one attached hydrogen (secondary N) is 2. The highest BCUT2D eigenvalue weighted by Gasteiger charge is 2.37. The van der Waals surface area contributed by atoms with E-state index in [0.717, 1.165) is 92.6 Å². The van der Waals surface area contributed by atoms with Crippen molar-refractivity contribution in [1.82, 2.24) is 44.9 Å². The Hall–Kier alpha value is -5.66. The second kappa shape index (κ2) is 20.7. The number of hydrogen-bond donors (Lipinski definition) is 2. The van der Waals surface area contributed by atoms with Crippen molar-refractivity contribution in [2.75, 3.05) is 59.5 Å². The summed E-state index contributed by atoms with van der Waals surface area (Å²) in [4.78, 5) is 67.2. The SMILES string of the molecule is CNC(C)C(=O)N[C@H](C(=O)N1CCN(C(=O)c2cc3cc(F)c(F)cc3n2CC(=O)N2CCCC2COc2cc(CN3CCC(Oc4ccnc5ccsc45)CC3)on2)CC1)C1CCCCC1. The van der Waals surface area contributed by atoms with Gasteiger partial charge in [0.1, 0.15) is 36.7 Å². The molecule has 19 heteroatoms. The summed E-state index contributed by atoms with van der Waals surface area (Å²) >= 11 is 1.63. The van der Waals surface area contributed by atoms with Crippen LogP contribution in [-0.2, 0) is 27.5 Å². The first-order chi connectivity index (χ1) is 32.5. The summed E-state index contributed by atoms with van der Waals surface area (Å²) in [7, 11) is 1.70. The number of rotatable bonds is 15. The molecule has 4 aliphatic rings. The molecule has 1 aromatic carbocycles. The summed E-state index contributed by atoms with van der Waals surface area (Å²) in [6, 6.07) is 7.85. The van der Waals surface area contributed by atoms with Crippen LogP contribution in [0.5, 0.6) is 11.6 Å². The third-order valence-electron chi connectivity index (χ3n) is 14.0. The van der Waals surface area contributed by atoms with Gasteiger partial charge in [-0.2, -0.15) is 0 Å². The number of piperidine rings is 1. The van der Waals surface area contributed by atoms with E-state index in [4.69, 9.17) is 14.0 Å². The molecule has 3 saturated heterocycles. The van der Waals surface area contributed by atoms with Crippen LogP contribution in [0, 0.1) is 17.6 Å². The van der Waals surface area contributed by atoms with Gasteiger partial charge in [-0.15, -0.1) is 11.3 Å². The molecule has 0 bridgehead atoms. The van der Waals surface area contributed by atoms with Gasteiger partial charge in [-0.05, 0) is 93.2 Å². The number of aromatic nitrogens is 3. The quantitative estimate of drug-likeness (QED) is 0.134. The third-order valence-corrected chi connectivity index (χ3v) is 14.9. The van der Waals surface area contributed by atoms with E-state index >= 15 is 0 Å². The molecule has 4 amide bonds. The lowest BCUT2D eigenvalue weighted by atomic mass is 9.83. The Morgan fingerprint density at radius 2 is 1.66 bits per heavy atom. The van der Waals surface area contributed by atoms with Crippen molar-refractivity contribution in [2.45, 2.75) is 102 Å². The molecule has 2 unspecified atom stereocenters. The van der Waals surface area contributed by atoms with Crippen molar-refractivity contribution in [1.29, 1.82) is 0 Å². The van der Waals surface area contributed by atoms with Crippen LogP contribution in [0.4, 0.5) is 8.78 Å². The van der Waals surface area contributed by atoms with Gasteiger partial charge in [0.15, 0.2) is 17.4 Å². The molecule has 4 fully saturated rings. The van der Waals surface area contributed by atoms with Crippen LogP contribution >= 0.6 is 11.3 Å². The molecule has 7 heterocycles. The highest BCUT2D eigenvalue weighted by Crippen LogP contribution is 2.32. The molecule has 1 aliphatic carbocycles. The number of likely N-dealkylation sites (tertiary alicyclic amines) is 2. The van der Waals surface area contributed by atoms with E-state index in [1.165, 1.54) is 10.6 Å². The second-order valence-corrected chi connectivity index (χ2v) is 19.2. The number of amides is 4. The number of halogens is 2. The first-order valence-corrected chi connectivity index (χ1v) is 24.5. The number of piperazine rings is 1. The van der Waals surface area contributed by atoms with E-state index < -0.39 is 29.6 Å². The van der Waals surface area contributed by atoms with Gasteiger partial charge in [0, 0.05) is 69.5 Å². The van der Waals surface area contributed by atoms with Gasteiger partial charge >= 0.3 is 0 Å². The Kier molecular flexibility index (Phi) is 14.3. The molecule has 0 spiro atoms. The van der Waals surface area contributed by atoms with Gasteiger partial charge in [-0.3, -0.25) is 29.1 Å². The van der Waals surface area contributed by atoms with Crippen LogP contribution in [0.2, 0.25) is 0 Å². The molecule has 0 radical (unpaired) electrons. The smallest absolute Gasteiger partial charge is 0.270 e. The van der Waals surface area contributed by atoms with E-state index in [9.17, 15) is 28.0 Å². The van der Waals surface area contributed by atoms with E-state index in [2.05, 4.69) is 25.7 Å². The van der Waals surface area contributed by atoms with Gasteiger partial charge < -0.3 is 43.9 Å². The van der Waals surface area contributed by atoms with Gasteiger partial charge in [0.05, 0.1) is 34.4 Å². The summed E-state index contributed by atoms with van der Waals surface area (Å²) < 4.78 is 50.0. The largest absolute Gasteiger partial charge is 0.489 e. The zero-order chi connectivity index (χ0) is 46.6. The highest BCUT2D eigenvalue weighted by molar-refractivity contribution is 7.17. The van der Waals surface area contributed by atoms with E-state index in [1.54, 1.807) is 52.3 Å². The fraction of sp³-hybridized carbons (Fsp3) is 0.542. The number of hydrogen-bond acceptors (Lipinski definition) is 12. The fourth-order valence-electron chi connectivity index (χ4n) is 10.1. The van der Waals surface area contributed by atoms with Gasteiger partial charge in [0.25, 0.3) is 11.8 Å². The number of benzene rings is 1. The van der Waals surface area contributed by atoms with Crippen molar-refractivity contribution < 1.29 is 42.0 Å². The van der Waals surface area contributed by atoms with Crippen molar-refractivity contribution >= 4 is 56.1 Å². The predicted molar refractivity (Wildman–Crippen MR) is 247 cm³/mol. The van der Waals surface area contributed by atoms with E-state index in [0.29, 0.717) is 31.2 Å². The zero-order valence-electron chi connectivity index (χ0n) is 38.1. The normalized spacial score (nSPS) is 19.8. The van der Waals surface area contributed by atoms with Crippen LogP contribution in [0.1, 0.15) is 81.0 Å².